The molecule has 0 aliphatic heterocycles. The molecule has 0 amide bonds. The fourth-order valence-corrected chi connectivity index (χ4v) is 3.92. The monoisotopic (exact) mass is 206 g/mol. The molecule has 1 nitrogen and oxygen atoms in total. The van der Waals surface area contributed by atoms with Crippen LogP contribution in [0.25, 0.3) is 10.2 Å². The van der Waals surface area contributed by atoms with Crippen LogP contribution in [0, 0.1) is 6.92 Å². The van der Waals surface area contributed by atoms with Gasteiger partial charge in [0.05, 0.1) is 0 Å². The van der Waals surface area contributed by atoms with Gasteiger partial charge in [0.25, 0.3) is 0 Å². The number of fused-ring (bicyclic) bond motifs is 1. The van der Waals surface area contributed by atoms with Gasteiger partial charge in [0.15, 0.2) is 0 Å². The number of aryl methyl sites for hydroxylation is 2. The summed E-state index contributed by atoms with van der Waals surface area (Å²) in [5.41, 5.74) is 1.20. The lowest BCUT2D eigenvalue weighted by Gasteiger charge is -1.89. The SMILES string of the molecule is CCCC[s+]1c(C)nc2ccccc21. The lowest BCUT2D eigenvalue weighted by Crippen LogP contribution is -1.75. The van der Waals surface area contributed by atoms with Crippen LogP contribution in [0.4, 0.5) is 0 Å². The number of nitrogens with zero attached hydrogens (tertiary/aromatic N) is 1. The Morgan fingerprint density at radius 1 is 1.29 bits per heavy atom. The van der Waals surface area contributed by atoms with Crippen LogP contribution in [0.1, 0.15) is 24.8 Å². The van der Waals surface area contributed by atoms with Crippen molar-refractivity contribution in [2.24, 2.45) is 0 Å². The number of rotatable bonds is 3. The number of thiazole rings is 1. The van der Waals surface area contributed by atoms with Crippen molar-refractivity contribution in [1.82, 2.24) is 4.98 Å². The molecule has 1 atom stereocenters. The molecule has 2 aromatic rings. The van der Waals surface area contributed by atoms with E-state index in [-0.39, 0.29) is 0 Å². The highest BCUT2D eigenvalue weighted by Crippen LogP contribution is 2.35. The predicted molar refractivity (Wildman–Crippen MR) is 63.9 cm³/mol. The molecule has 2 heteroatoms. The Morgan fingerprint density at radius 3 is 2.86 bits per heavy atom. The van der Waals surface area contributed by atoms with Gasteiger partial charge in [0.1, 0.15) is 11.3 Å². The normalized spacial score (nSPS) is 12.3. The molecule has 74 valence electrons. The van der Waals surface area contributed by atoms with Crippen LogP contribution in [0.3, 0.4) is 0 Å². The van der Waals surface area contributed by atoms with E-state index in [4.69, 9.17) is 0 Å². The maximum atomic E-state index is 4.62. The van der Waals surface area contributed by atoms with E-state index in [1.54, 1.807) is 0 Å². The Kier molecular flexibility index (Phi) is 2.82. The molecule has 0 aliphatic rings. The van der Waals surface area contributed by atoms with Crippen LogP contribution in [-0.2, 0) is 5.75 Å². The maximum absolute atomic E-state index is 4.62. The van der Waals surface area contributed by atoms with Crippen LogP contribution < -0.4 is 0 Å². The molecule has 1 aromatic heterocycles. The first-order valence-corrected chi connectivity index (χ1v) is 6.57. The fraction of sp³-hybridized carbons (Fsp3) is 0.417. The molecular weight excluding hydrogens is 190 g/mol. The molecule has 14 heavy (non-hydrogen) atoms. The summed E-state index contributed by atoms with van der Waals surface area (Å²) in [6.07, 6.45) is 2.59. The van der Waals surface area contributed by atoms with Crippen LogP contribution >= 0.6 is 10.5 Å². The van der Waals surface area contributed by atoms with Gasteiger partial charge < -0.3 is 0 Å². The van der Waals surface area contributed by atoms with E-state index in [1.165, 1.54) is 33.8 Å². The van der Waals surface area contributed by atoms with E-state index >= 15 is 0 Å². The third-order valence-electron chi connectivity index (χ3n) is 2.47. The Balaban J connectivity index is 2.45. The first-order valence-electron chi connectivity index (χ1n) is 5.18. The molecule has 1 aromatic carbocycles. The van der Waals surface area contributed by atoms with Crippen molar-refractivity contribution in [1.29, 1.82) is 0 Å². The van der Waals surface area contributed by atoms with Gasteiger partial charge in [0, 0.05) is 23.5 Å². The lowest BCUT2D eigenvalue weighted by molar-refractivity contribution is 0.853. The van der Waals surface area contributed by atoms with E-state index in [0.717, 1.165) is 0 Å². The summed E-state index contributed by atoms with van der Waals surface area (Å²) in [4.78, 5) is 4.62. The van der Waals surface area contributed by atoms with Crippen molar-refractivity contribution in [2.75, 3.05) is 0 Å². The second-order valence-corrected chi connectivity index (χ2v) is 5.77. The Labute approximate surface area is 87.8 Å². The number of hydrogen-bond acceptors (Lipinski definition) is 1. The van der Waals surface area contributed by atoms with Gasteiger partial charge in [-0.15, -0.1) is 0 Å². The number of aromatic nitrogens is 1. The summed E-state index contributed by atoms with van der Waals surface area (Å²) in [5.74, 6) is 1.28. The largest absolute Gasteiger partial charge is 0.240 e. The lowest BCUT2D eigenvalue weighted by atomic mass is 10.3. The minimum atomic E-state index is 0.303. The van der Waals surface area contributed by atoms with Crippen molar-refractivity contribution < 1.29 is 0 Å². The molecule has 0 spiro atoms. The minimum absolute atomic E-state index is 0.303. The average Bonchev–Trinajstić information content (AvgIpc) is 2.51. The predicted octanol–water partition coefficient (Wildman–Crippen LogP) is 4.09. The molecular formula is C12H16NS+. The zero-order chi connectivity index (χ0) is 9.97. The summed E-state index contributed by atoms with van der Waals surface area (Å²) < 4.78 is 1.46. The van der Waals surface area contributed by atoms with E-state index in [9.17, 15) is 0 Å². The molecule has 0 radical (unpaired) electrons. The van der Waals surface area contributed by atoms with Gasteiger partial charge in [0.2, 0.25) is 9.71 Å². The average molecular weight is 206 g/mol. The van der Waals surface area contributed by atoms with Crippen molar-refractivity contribution in [2.45, 2.75) is 32.4 Å². The van der Waals surface area contributed by atoms with Crippen molar-refractivity contribution in [3.8, 4) is 0 Å². The number of benzene rings is 1. The highest BCUT2D eigenvalue weighted by molar-refractivity contribution is 7.36. The molecule has 0 N–H and O–H groups in total. The van der Waals surface area contributed by atoms with Crippen LogP contribution in [0.15, 0.2) is 24.3 Å². The Morgan fingerprint density at radius 2 is 2.07 bits per heavy atom. The summed E-state index contributed by atoms with van der Waals surface area (Å²) >= 11 is 0. The van der Waals surface area contributed by atoms with Crippen LogP contribution in [0.5, 0.6) is 0 Å². The van der Waals surface area contributed by atoms with Gasteiger partial charge in [-0.3, -0.25) is 0 Å². The summed E-state index contributed by atoms with van der Waals surface area (Å²) in [6.45, 7) is 4.41. The van der Waals surface area contributed by atoms with E-state index in [1.807, 2.05) is 0 Å². The first-order chi connectivity index (χ1) is 6.83. The maximum Gasteiger partial charge on any atom is 0.240 e. The van der Waals surface area contributed by atoms with Crippen molar-refractivity contribution >= 4 is 20.7 Å². The van der Waals surface area contributed by atoms with Gasteiger partial charge >= 0.3 is 0 Å². The third-order valence-corrected chi connectivity index (χ3v) is 4.84. The molecule has 0 saturated carbocycles. The quantitative estimate of drug-likeness (QED) is 0.689. The van der Waals surface area contributed by atoms with E-state index < -0.39 is 0 Å². The smallest absolute Gasteiger partial charge is 0.197 e. The molecule has 1 heterocycles. The van der Waals surface area contributed by atoms with Crippen molar-refractivity contribution in [3.63, 3.8) is 0 Å². The standard InChI is InChI=1S/C12H16NS/c1-3-4-9-14-10(2)13-11-7-5-6-8-12(11)14/h5-8H,3-4,9H2,1-2H3/q+1. The zero-order valence-electron chi connectivity index (χ0n) is 8.79. The Hall–Kier alpha value is -0.890. The molecule has 1 unspecified atom stereocenters. The highest BCUT2D eigenvalue weighted by atomic mass is 32.2. The second-order valence-electron chi connectivity index (χ2n) is 3.55. The molecule has 2 rings (SSSR count). The highest BCUT2D eigenvalue weighted by Gasteiger charge is 2.17. The summed E-state index contributed by atoms with van der Waals surface area (Å²) in [5, 5.41) is 1.32. The third kappa shape index (κ3) is 1.67. The summed E-state index contributed by atoms with van der Waals surface area (Å²) in [7, 11) is 0.303. The van der Waals surface area contributed by atoms with Gasteiger partial charge in [-0.25, -0.2) is 0 Å². The van der Waals surface area contributed by atoms with Gasteiger partial charge in [-0.2, -0.15) is 4.98 Å². The molecule has 0 aliphatic carbocycles. The van der Waals surface area contributed by atoms with Crippen LogP contribution in [-0.4, -0.2) is 4.98 Å². The number of para-hydroxylation sites is 1. The molecule has 0 bridgehead atoms. The molecule has 0 saturated heterocycles. The van der Waals surface area contributed by atoms with Crippen LogP contribution in [0.2, 0.25) is 0 Å². The minimum Gasteiger partial charge on any atom is -0.197 e. The first kappa shape index (κ1) is 9.66. The van der Waals surface area contributed by atoms with Crippen molar-refractivity contribution in [3.05, 3.63) is 29.3 Å². The molecule has 0 fully saturated rings. The summed E-state index contributed by atoms with van der Waals surface area (Å²) in [6, 6.07) is 8.55. The number of hydrogen-bond donors (Lipinski definition) is 0. The van der Waals surface area contributed by atoms with E-state index in [0.29, 0.717) is 10.5 Å². The van der Waals surface area contributed by atoms with Gasteiger partial charge in [-0.1, -0.05) is 25.5 Å². The fourth-order valence-electron chi connectivity index (χ4n) is 1.69. The second kappa shape index (κ2) is 4.09. The topological polar surface area (TPSA) is 12.9 Å². The van der Waals surface area contributed by atoms with E-state index in [2.05, 4.69) is 43.1 Å². The van der Waals surface area contributed by atoms with Gasteiger partial charge in [-0.05, 0) is 12.5 Å². The Bertz CT molecular complexity index is 431. The number of unbranched alkanes of at least 4 members (excludes halogenated alkanes) is 1. The zero-order valence-corrected chi connectivity index (χ0v) is 9.60.